The summed E-state index contributed by atoms with van der Waals surface area (Å²) in [5.41, 5.74) is 12.3. The fourth-order valence-corrected chi connectivity index (χ4v) is 8.54. The quantitative estimate of drug-likeness (QED) is 0.132. The van der Waals surface area contributed by atoms with Crippen molar-refractivity contribution >= 4 is 5.69 Å². The summed E-state index contributed by atoms with van der Waals surface area (Å²) < 4.78 is 30.2. The molecule has 7 rings (SSSR count). The minimum Gasteiger partial charge on any atom is -0.491 e. The molecule has 2 unspecified atom stereocenters. The summed E-state index contributed by atoms with van der Waals surface area (Å²) >= 11 is 0. The summed E-state index contributed by atoms with van der Waals surface area (Å²) in [4.78, 5) is 2.04. The number of ether oxygens (including phenoxy) is 3. The van der Waals surface area contributed by atoms with Crippen LogP contribution in [0, 0.1) is 11.7 Å². The number of anilines is 1. The number of halogens is 1. The van der Waals surface area contributed by atoms with Gasteiger partial charge in [-0.1, -0.05) is 216 Å². The molecule has 0 bridgehead atoms. The molecule has 5 aromatic carbocycles. The molecule has 2 heterocycles. The van der Waals surface area contributed by atoms with E-state index in [-0.39, 0.29) is 24.8 Å². The van der Waals surface area contributed by atoms with Crippen LogP contribution in [0.1, 0.15) is 232 Å². The molecule has 73 heavy (non-hydrogen) atoms. The highest BCUT2D eigenvalue weighted by atomic mass is 19.1. The van der Waals surface area contributed by atoms with Gasteiger partial charge in [0.1, 0.15) is 11.6 Å². The van der Waals surface area contributed by atoms with Gasteiger partial charge < -0.3 is 19.1 Å². The van der Waals surface area contributed by atoms with Crippen LogP contribution in [0.3, 0.4) is 0 Å². The van der Waals surface area contributed by atoms with Crippen LogP contribution in [0.25, 0.3) is 0 Å². The Kier molecular flexibility index (Phi) is 27.8. The summed E-state index contributed by atoms with van der Waals surface area (Å²) in [5, 5.41) is 0. The van der Waals surface area contributed by atoms with Crippen LogP contribution in [-0.4, -0.2) is 45.6 Å². The largest absolute Gasteiger partial charge is 0.491 e. The van der Waals surface area contributed by atoms with Gasteiger partial charge >= 0.3 is 0 Å². The third kappa shape index (κ3) is 22.1. The molecule has 2 aliphatic heterocycles. The third-order valence-corrected chi connectivity index (χ3v) is 14.3. The molecule has 0 spiro atoms. The Bertz CT molecular complexity index is 2220. The topological polar surface area (TPSA) is 30.9 Å². The summed E-state index contributed by atoms with van der Waals surface area (Å²) in [7, 11) is 0. The SMILES string of the molecule is C.CC(C)Oc1ccc(C(C)C)cc1.CC(C)c1ccc(C(C)(C)C)cc1.CC(C)c1ccc(C2CCOCC2C)cc1.CC(C)c1ccc(N2CCOCC2)c(F)c1.CCC(C)(C)c1ccc(C(C)C)cc1. The Balaban J connectivity index is 0.000000313. The second kappa shape index (κ2) is 31.4. The standard InChI is InChI=1S/C15H22O.C14H22.C13H18FNO.C13H20.C12H18O.CH4/c1-11(2)13-4-6-14(7-5-13)15-8-9-16-10-12(15)3;1-6-14(4,5)13-9-7-12(8-10-13)11(2)3;1-10(2)11-3-4-13(12(14)9-11)15-5-7-16-8-6-15;1-10(2)11-6-8-12(9-7-11)13(3,4)5;1-9(2)11-5-7-12(8-6-11)13-10(3)4;/h4-7,11-12,15H,8-10H2,1-3H3;7-11H,6H2,1-5H3;3-4,9-10H,5-8H2,1-2H3;6-10H,1-5H3;5-10H,1-4H3;1H4. The van der Waals surface area contributed by atoms with Crippen molar-refractivity contribution in [1.29, 1.82) is 0 Å². The van der Waals surface area contributed by atoms with Gasteiger partial charge in [0, 0.05) is 26.3 Å². The van der Waals surface area contributed by atoms with Crippen molar-refractivity contribution < 1.29 is 18.6 Å². The number of morpholine rings is 1. The van der Waals surface area contributed by atoms with Crippen molar-refractivity contribution in [2.75, 3.05) is 44.4 Å². The molecular formula is C68H104FNO3. The fraction of sp³-hybridized carbons (Fsp3) is 0.559. The molecule has 5 heteroatoms. The van der Waals surface area contributed by atoms with E-state index >= 15 is 0 Å². The van der Waals surface area contributed by atoms with Gasteiger partial charge in [0.25, 0.3) is 0 Å². The van der Waals surface area contributed by atoms with Gasteiger partial charge in [0.2, 0.25) is 0 Å². The number of benzene rings is 5. The van der Waals surface area contributed by atoms with Gasteiger partial charge in [-0.3, -0.25) is 0 Å². The zero-order valence-corrected chi connectivity index (χ0v) is 48.8. The van der Waals surface area contributed by atoms with E-state index in [1.54, 1.807) is 6.07 Å². The zero-order chi connectivity index (χ0) is 53.8. The van der Waals surface area contributed by atoms with Crippen molar-refractivity contribution in [3.8, 4) is 5.75 Å². The first-order valence-corrected chi connectivity index (χ1v) is 27.6. The Morgan fingerprint density at radius 1 is 0.548 bits per heavy atom. The van der Waals surface area contributed by atoms with Gasteiger partial charge in [-0.2, -0.15) is 0 Å². The Labute approximate surface area is 448 Å². The normalized spacial score (nSPS) is 15.8. The number of hydrogen-bond acceptors (Lipinski definition) is 4. The van der Waals surface area contributed by atoms with Crippen LogP contribution >= 0.6 is 0 Å². The summed E-state index contributed by atoms with van der Waals surface area (Å²) in [6.07, 6.45) is 2.61. The molecule has 0 saturated carbocycles. The van der Waals surface area contributed by atoms with Gasteiger partial charge in [-0.05, 0) is 148 Å². The fourth-order valence-electron chi connectivity index (χ4n) is 8.54. The molecule has 0 radical (unpaired) electrons. The van der Waals surface area contributed by atoms with Crippen LogP contribution < -0.4 is 9.64 Å². The maximum atomic E-state index is 13.9. The number of nitrogens with zero attached hydrogens (tertiary/aromatic N) is 1. The van der Waals surface area contributed by atoms with Gasteiger partial charge in [-0.25, -0.2) is 4.39 Å². The van der Waals surface area contributed by atoms with Gasteiger partial charge in [0.15, 0.2) is 0 Å². The lowest BCUT2D eigenvalue weighted by Crippen LogP contribution is -2.36. The van der Waals surface area contributed by atoms with Gasteiger partial charge in [-0.15, -0.1) is 0 Å². The molecule has 0 amide bonds. The smallest absolute Gasteiger partial charge is 0.146 e. The highest BCUT2D eigenvalue weighted by Crippen LogP contribution is 2.33. The van der Waals surface area contributed by atoms with E-state index in [4.69, 9.17) is 14.2 Å². The Hall–Kier alpha value is -4.45. The lowest BCUT2D eigenvalue weighted by atomic mass is 9.81. The molecule has 2 atom stereocenters. The Morgan fingerprint density at radius 2 is 0.959 bits per heavy atom. The van der Waals surface area contributed by atoms with E-state index in [2.05, 4.69) is 203 Å². The predicted octanol–water partition coefficient (Wildman–Crippen LogP) is 19.6. The molecule has 2 aliphatic rings. The van der Waals surface area contributed by atoms with E-state index in [9.17, 15) is 4.39 Å². The van der Waals surface area contributed by atoms with Gasteiger partial charge in [0.05, 0.1) is 25.0 Å². The first-order valence-electron chi connectivity index (χ1n) is 27.6. The van der Waals surface area contributed by atoms with Crippen molar-refractivity contribution in [3.63, 3.8) is 0 Å². The van der Waals surface area contributed by atoms with E-state index in [1.807, 2.05) is 43.0 Å². The summed E-state index contributed by atoms with van der Waals surface area (Å²) in [6.45, 7) is 46.7. The molecule has 0 aromatic heterocycles. The molecule has 2 saturated heterocycles. The molecular weight excluding hydrogens is 898 g/mol. The van der Waals surface area contributed by atoms with Crippen molar-refractivity contribution in [1.82, 2.24) is 0 Å². The highest BCUT2D eigenvalue weighted by Gasteiger charge is 2.23. The zero-order valence-electron chi connectivity index (χ0n) is 48.8. The lowest BCUT2D eigenvalue weighted by Gasteiger charge is -2.29. The first kappa shape index (κ1) is 64.7. The van der Waals surface area contributed by atoms with E-state index < -0.39 is 0 Å². The monoisotopic (exact) mass is 1000 g/mol. The molecule has 0 aliphatic carbocycles. The third-order valence-electron chi connectivity index (χ3n) is 14.3. The van der Waals surface area contributed by atoms with Crippen LogP contribution in [0.2, 0.25) is 0 Å². The minimum atomic E-state index is -0.117. The van der Waals surface area contributed by atoms with E-state index in [0.717, 1.165) is 37.6 Å². The minimum absolute atomic E-state index is 0. The molecule has 406 valence electrons. The second-order valence-corrected chi connectivity index (χ2v) is 23.7. The number of hydrogen-bond donors (Lipinski definition) is 0. The van der Waals surface area contributed by atoms with E-state index in [1.165, 1.54) is 51.8 Å². The molecule has 5 aromatic rings. The van der Waals surface area contributed by atoms with Crippen LogP contribution in [0.4, 0.5) is 10.1 Å². The molecule has 4 nitrogen and oxygen atoms in total. The predicted molar refractivity (Wildman–Crippen MR) is 317 cm³/mol. The highest BCUT2D eigenvalue weighted by molar-refractivity contribution is 5.50. The van der Waals surface area contributed by atoms with Crippen LogP contribution in [0.15, 0.2) is 115 Å². The second-order valence-electron chi connectivity index (χ2n) is 23.7. The average Bonchev–Trinajstić information content (AvgIpc) is 3.35. The Morgan fingerprint density at radius 3 is 1.34 bits per heavy atom. The van der Waals surface area contributed by atoms with Crippen molar-refractivity contribution in [2.45, 2.75) is 204 Å². The van der Waals surface area contributed by atoms with Crippen molar-refractivity contribution in [2.24, 2.45) is 5.92 Å². The van der Waals surface area contributed by atoms with Crippen LogP contribution in [-0.2, 0) is 20.3 Å². The maximum absolute atomic E-state index is 13.9. The summed E-state index contributed by atoms with van der Waals surface area (Å²) in [5.74, 6) is 5.03. The number of rotatable bonds is 11. The first-order chi connectivity index (χ1) is 33.8. The van der Waals surface area contributed by atoms with E-state index in [0.29, 0.717) is 65.7 Å². The average molecular weight is 1000 g/mol. The van der Waals surface area contributed by atoms with Crippen LogP contribution in [0.5, 0.6) is 5.75 Å². The maximum Gasteiger partial charge on any atom is 0.146 e. The molecule has 0 N–H and O–H groups in total. The lowest BCUT2D eigenvalue weighted by molar-refractivity contribution is 0.0473. The molecule has 2 fully saturated rings. The van der Waals surface area contributed by atoms with Crippen molar-refractivity contribution in [3.05, 3.63) is 166 Å². The summed E-state index contributed by atoms with van der Waals surface area (Å²) in [6, 6.07) is 41.1.